The average Bonchev–Trinajstić information content (AvgIpc) is 2.26. The molecule has 16 heavy (non-hydrogen) atoms. The Labute approximate surface area is 103 Å². The number of aryl methyl sites for hydroxylation is 1. The van der Waals surface area contributed by atoms with Crippen molar-refractivity contribution in [3.05, 3.63) is 36.4 Å². The number of benzene rings is 1. The first-order chi connectivity index (χ1) is 7.74. The van der Waals surface area contributed by atoms with Crippen LogP contribution in [-0.2, 0) is 0 Å². The van der Waals surface area contributed by atoms with Crippen molar-refractivity contribution in [2.24, 2.45) is 0 Å². The second-order valence-corrected chi connectivity index (χ2v) is 5.15. The molecule has 0 saturated carbocycles. The summed E-state index contributed by atoms with van der Waals surface area (Å²) in [6.45, 7) is 5.85. The highest BCUT2D eigenvalue weighted by Crippen LogP contribution is 2.25. The quantitative estimate of drug-likeness (QED) is 0.328. The Morgan fingerprint density at radius 1 is 1.31 bits per heavy atom. The van der Waals surface area contributed by atoms with E-state index in [0.717, 1.165) is 12.1 Å². The molecule has 1 aromatic carbocycles. The fourth-order valence-electron chi connectivity index (χ4n) is 1.58. The molecule has 0 radical (unpaired) electrons. The zero-order chi connectivity index (χ0) is 11.8. The third kappa shape index (κ3) is 4.75. The van der Waals surface area contributed by atoms with Gasteiger partial charge in [0.05, 0.1) is 0 Å². The Hall–Kier alpha value is -0.890. The summed E-state index contributed by atoms with van der Waals surface area (Å²) in [6.07, 6.45) is 6.99. The molecular weight excluding hydrogens is 214 g/mol. The van der Waals surface area contributed by atoms with Gasteiger partial charge in [-0.25, -0.2) is 0 Å². The molecule has 2 N–H and O–H groups in total. The van der Waals surface area contributed by atoms with Gasteiger partial charge in [0.2, 0.25) is 0 Å². The molecule has 0 atom stereocenters. The first-order valence-electron chi connectivity index (χ1n) is 5.84. The van der Waals surface area contributed by atoms with Gasteiger partial charge in [-0.2, -0.15) is 0 Å². The van der Waals surface area contributed by atoms with E-state index in [1.165, 1.54) is 35.5 Å². The fourth-order valence-corrected chi connectivity index (χ4v) is 2.60. The number of thioether (sulfide) groups is 1. The van der Waals surface area contributed by atoms with Crippen LogP contribution in [0, 0.1) is 6.92 Å². The smallest absolute Gasteiger partial charge is 0.0317 e. The molecule has 0 aromatic heterocycles. The van der Waals surface area contributed by atoms with Crippen LogP contribution in [0.3, 0.4) is 0 Å². The van der Waals surface area contributed by atoms with Crippen molar-refractivity contribution >= 4 is 17.4 Å². The number of allylic oxidation sites excluding steroid dienone is 1. The van der Waals surface area contributed by atoms with Crippen LogP contribution >= 0.6 is 11.8 Å². The summed E-state index contributed by atoms with van der Waals surface area (Å²) < 4.78 is 0. The maximum Gasteiger partial charge on any atom is 0.0317 e. The summed E-state index contributed by atoms with van der Waals surface area (Å²) in [6, 6.07) is 6.15. The van der Waals surface area contributed by atoms with Crippen molar-refractivity contribution in [2.45, 2.75) is 37.5 Å². The SMILES string of the molecule is C=CCCCCCSc1ccc(N)cc1C. The molecule has 1 aromatic rings. The molecule has 0 aliphatic rings. The summed E-state index contributed by atoms with van der Waals surface area (Å²) in [5.41, 5.74) is 7.86. The Bertz CT molecular complexity index is 334. The molecule has 0 bridgehead atoms. The van der Waals surface area contributed by atoms with Crippen LogP contribution in [0.4, 0.5) is 5.69 Å². The number of hydrogen-bond donors (Lipinski definition) is 1. The van der Waals surface area contributed by atoms with Gasteiger partial charge in [-0.05, 0) is 55.7 Å². The van der Waals surface area contributed by atoms with E-state index in [9.17, 15) is 0 Å². The van der Waals surface area contributed by atoms with Crippen molar-refractivity contribution in [3.63, 3.8) is 0 Å². The first-order valence-corrected chi connectivity index (χ1v) is 6.82. The van der Waals surface area contributed by atoms with Gasteiger partial charge >= 0.3 is 0 Å². The van der Waals surface area contributed by atoms with Gasteiger partial charge in [0, 0.05) is 10.6 Å². The molecule has 0 aliphatic heterocycles. The van der Waals surface area contributed by atoms with Crippen LogP contribution in [0.5, 0.6) is 0 Å². The van der Waals surface area contributed by atoms with Crippen LogP contribution in [-0.4, -0.2) is 5.75 Å². The normalized spacial score (nSPS) is 10.3. The molecule has 0 unspecified atom stereocenters. The van der Waals surface area contributed by atoms with E-state index < -0.39 is 0 Å². The first kappa shape index (κ1) is 13.2. The van der Waals surface area contributed by atoms with Crippen molar-refractivity contribution in [1.29, 1.82) is 0 Å². The average molecular weight is 235 g/mol. The molecule has 0 fully saturated rings. The Kier molecular flexibility index (Phi) is 6.09. The predicted molar refractivity (Wildman–Crippen MR) is 75.0 cm³/mol. The van der Waals surface area contributed by atoms with Gasteiger partial charge < -0.3 is 5.73 Å². The van der Waals surface area contributed by atoms with E-state index in [1.807, 2.05) is 30.0 Å². The van der Waals surface area contributed by atoms with Crippen LogP contribution in [0.25, 0.3) is 0 Å². The van der Waals surface area contributed by atoms with Gasteiger partial charge in [-0.15, -0.1) is 18.3 Å². The Balaban J connectivity index is 2.24. The minimum absolute atomic E-state index is 0.854. The third-order valence-electron chi connectivity index (χ3n) is 2.51. The summed E-state index contributed by atoms with van der Waals surface area (Å²) in [5.74, 6) is 1.20. The number of unbranched alkanes of at least 4 members (excludes halogenated alkanes) is 3. The van der Waals surface area contributed by atoms with Crippen LogP contribution in [0.2, 0.25) is 0 Å². The van der Waals surface area contributed by atoms with Gasteiger partial charge in [0.25, 0.3) is 0 Å². The molecule has 0 amide bonds. The van der Waals surface area contributed by atoms with E-state index >= 15 is 0 Å². The highest BCUT2D eigenvalue weighted by molar-refractivity contribution is 7.99. The van der Waals surface area contributed by atoms with Crippen molar-refractivity contribution in [2.75, 3.05) is 11.5 Å². The highest BCUT2D eigenvalue weighted by Gasteiger charge is 1.99. The molecule has 0 spiro atoms. The number of rotatable bonds is 7. The maximum atomic E-state index is 5.72. The lowest BCUT2D eigenvalue weighted by Crippen LogP contribution is -1.88. The lowest BCUT2D eigenvalue weighted by Gasteiger charge is -2.06. The number of anilines is 1. The second kappa shape index (κ2) is 7.39. The molecular formula is C14H21NS. The lowest BCUT2D eigenvalue weighted by molar-refractivity contribution is 0.735. The monoisotopic (exact) mass is 235 g/mol. The molecule has 0 aliphatic carbocycles. The minimum atomic E-state index is 0.854. The highest BCUT2D eigenvalue weighted by atomic mass is 32.2. The van der Waals surface area contributed by atoms with E-state index in [2.05, 4.69) is 19.6 Å². The lowest BCUT2D eigenvalue weighted by atomic mass is 10.2. The molecule has 0 saturated heterocycles. The van der Waals surface area contributed by atoms with Gasteiger partial charge in [-0.3, -0.25) is 0 Å². The topological polar surface area (TPSA) is 26.0 Å². The van der Waals surface area contributed by atoms with Crippen LogP contribution in [0.1, 0.15) is 31.2 Å². The fraction of sp³-hybridized carbons (Fsp3) is 0.429. The van der Waals surface area contributed by atoms with Crippen molar-refractivity contribution < 1.29 is 0 Å². The number of nitrogens with two attached hydrogens (primary N) is 1. The van der Waals surface area contributed by atoms with E-state index in [0.29, 0.717) is 0 Å². The maximum absolute atomic E-state index is 5.72. The molecule has 88 valence electrons. The number of hydrogen-bond acceptors (Lipinski definition) is 2. The van der Waals surface area contributed by atoms with Gasteiger partial charge in [-0.1, -0.05) is 12.5 Å². The minimum Gasteiger partial charge on any atom is -0.399 e. The summed E-state index contributed by atoms with van der Waals surface area (Å²) in [5, 5.41) is 0. The third-order valence-corrected chi connectivity index (χ3v) is 3.77. The zero-order valence-corrected chi connectivity index (χ0v) is 10.9. The Morgan fingerprint density at radius 2 is 2.12 bits per heavy atom. The molecule has 1 rings (SSSR count). The molecule has 0 heterocycles. The summed E-state index contributed by atoms with van der Waals surface area (Å²) in [7, 11) is 0. The predicted octanol–water partition coefficient (Wildman–Crippen LogP) is 4.42. The largest absolute Gasteiger partial charge is 0.399 e. The van der Waals surface area contributed by atoms with Crippen LogP contribution in [0.15, 0.2) is 35.7 Å². The second-order valence-electron chi connectivity index (χ2n) is 4.01. The molecule has 1 nitrogen and oxygen atoms in total. The standard InChI is InChI=1S/C14H21NS/c1-3-4-5-6-7-10-16-14-9-8-13(15)11-12(14)2/h3,8-9,11H,1,4-7,10,15H2,2H3. The van der Waals surface area contributed by atoms with E-state index in [-0.39, 0.29) is 0 Å². The summed E-state index contributed by atoms with van der Waals surface area (Å²) in [4.78, 5) is 1.36. The summed E-state index contributed by atoms with van der Waals surface area (Å²) >= 11 is 1.93. The molecule has 2 heteroatoms. The van der Waals surface area contributed by atoms with Crippen molar-refractivity contribution in [1.82, 2.24) is 0 Å². The zero-order valence-electron chi connectivity index (χ0n) is 10.0. The number of nitrogen functional groups attached to an aromatic ring is 1. The van der Waals surface area contributed by atoms with Gasteiger partial charge in [0.1, 0.15) is 0 Å². The van der Waals surface area contributed by atoms with E-state index in [4.69, 9.17) is 5.73 Å². The van der Waals surface area contributed by atoms with Crippen LogP contribution < -0.4 is 5.73 Å². The Morgan fingerprint density at radius 3 is 2.81 bits per heavy atom. The van der Waals surface area contributed by atoms with E-state index in [1.54, 1.807) is 0 Å². The van der Waals surface area contributed by atoms with Gasteiger partial charge in [0.15, 0.2) is 0 Å². The van der Waals surface area contributed by atoms with Crippen molar-refractivity contribution in [3.8, 4) is 0 Å².